The summed E-state index contributed by atoms with van der Waals surface area (Å²) in [6.07, 6.45) is 2.92. The molecule has 0 spiro atoms. The van der Waals surface area contributed by atoms with Crippen molar-refractivity contribution in [1.82, 2.24) is 5.32 Å². The first-order valence-corrected chi connectivity index (χ1v) is 7.56. The van der Waals surface area contributed by atoms with Gasteiger partial charge in [-0.1, -0.05) is 22.4 Å². The molecule has 20 heavy (non-hydrogen) atoms. The van der Waals surface area contributed by atoms with E-state index >= 15 is 0 Å². The molecule has 108 valence electrons. The minimum absolute atomic E-state index is 0.0448. The second-order valence-corrected chi connectivity index (χ2v) is 6.31. The molecule has 1 amide bonds. The Morgan fingerprint density at radius 1 is 1.30 bits per heavy atom. The summed E-state index contributed by atoms with van der Waals surface area (Å²) in [5.74, 6) is -1.23. The third-order valence-electron chi connectivity index (χ3n) is 3.66. The van der Waals surface area contributed by atoms with Crippen molar-refractivity contribution in [2.75, 3.05) is 0 Å². The molecule has 1 aliphatic rings. The van der Waals surface area contributed by atoms with Gasteiger partial charge in [-0.05, 0) is 49.9 Å². The number of benzene rings is 1. The van der Waals surface area contributed by atoms with Crippen LogP contribution in [-0.2, 0) is 4.79 Å². The van der Waals surface area contributed by atoms with E-state index in [0.717, 1.165) is 22.9 Å². The number of carboxylic acid groups (broad SMARTS) is 1. The van der Waals surface area contributed by atoms with E-state index in [1.165, 1.54) is 0 Å². The SMILES string of the molecule is Cc1cc(Br)cc(C(=O)NC2CCCC(C(=O)O)C2)c1. The first-order valence-electron chi connectivity index (χ1n) is 6.76. The largest absolute Gasteiger partial charge is 0.481 e. The smallest absolute Gasteiger partial charge is 0.306 e. The molecule has 1 aromatic rings. The Balaban J connectivity index is 2.02. The van der Waals surface area contributed by atoms with E-state index < -0.39 is 5.97 Å². The minimum atomic E-state index is -0.762. The molecule has 2 N–H and O–H groups in total. The number of aryl methyl sites for hydroxylation is 1. The lowest BCUT2D eigenvalue weighted by atomic mass is 9.85. The molecule has 1 aliphatic carbocycles. The van der Waals surface area contributed by atoms with Crippen molar-refractivity contribution < 1.29 is 14.7 Å². The zero-order valence-electron chi connectivity index (χ0n) is 11.4. The Morgan fingerprint density at radius 3 is 2.70 bits per heavy atom. The number of aliphatic carboxylic acids is 1. The number of carbonyl (C=O) groups is 2. The molecule has 0 aromatic heterocycles. The lowest BCUT2D eigenvalue weighted by Crippen LogP contribution is -2.39. The van der Waals surface area contributed by atoms with Crippen LogP contribution in [0.4, 0.5) is 0 Å². The van der Waals surface area contributed by atoms with E-state index in [1.807, 2.05) is 19.1 Å². The number of carbonyl (C=O) groups excluding carboxylic acids is 1. The first-order chi connectivity index (χ1) is 9.45. The molecule has 2 rings (SSSR count). The molecular formula is C15H18BrNO3. The summed E-state index contributed by atoms with van der Waals surface area (Å²) in [5.41, 5.74) is 1.62. The van der Waals surface area contributed by atoms with Gasteiger partial charge in [0.1, 0.15) is 0 Å². The van der Waals surface area contributed by atoms with Crippen molar-refractivity contribution in [2.45, 2.75) is 38.6 Å². The lowest BCUT2D eigenvalue weighted by molar-refractivity contribution is -0.143. The van der Waals surface area contributed by atoms with Crippen molar-refractivity contribution in [3.8, 4) is 0 Å². The fourth-order valence-corrected chi connectivity index (χ4v) is 3.29. The predicted octanol–water partition coefficient (Wildman–Crippen LogP) is 3.13. The van der Waals surface area contributed by atoms with Crippen LogP contribution in [0.25, 0.3) is 0 Å². The van der Waals surface area contributed by atoms with E-state index in [9.17, 15) is 9.59 Å². The lowest BCUT2D eigenvalue weighted by Gasteiger charge is -2.27. The van der Waals surface area contributed by atoms with Crippen molar-refractivity contribution >= 4 is 27.8 Å². The topological polar surface area (TPSA) is 66.4 Å². The Bertz CT molecular complexity index is 510. The molecule has 0 saturated heterocycles. The Hall–Kier alpha value is -1.36. The highest BCUT2D eigenvalue weighted by Crippen LogP contribution is 2.25. The highest BCUT2D eigenvalue weighted by molar-refractivity contribution is 9.10. The summed E-state index contributed by atoms with van der Waals surface area (Å²) >= 11 is 3.38. The van der Waals surface area contributed by atoms with Gasteiger partial charge in [-0.25, -0.2) is 0 Å². The molecule has 1 aromatic carbocycles. The number of halogens is 1. The number of amides is 1. The van der Waals surface area contributed by atoms with Crippen LogP contribution in [0, 0.1) is 12.8 Å². The zero-order chi connectivity index (χ0) is 14.7. The number of hydrogen-bond donors (Lipinski definition) is 2. The number of nitrogens with one attached hydrogen (secondary N) is 1. The second-order valence-electron chi connectivity index (χ2n) is 5.39. The van der Waals surface area contributed by atoms with E-state index in [1.54, 1.807) is 6.07 Å². The van der Waals surface area contributed by atoms with Crippen LogP contribution in [-0.4, -0.2) is 23.0 Å². The number of carboxylic acids is 1. The summed E-state index contributed by atoms with van der Waals surface area (Å²) in [4.78, 5) is 23.2. The quantitative estimate of drug-likeness (QED) is 0.888. The van der Waals surface area contributed by atoms with Crippen molar-refractivity contribution in [2.24, 2.45) is 5.92 Å². The van der Waals surface area contributed by atoms with Crippen LogP contribution in [0.15, 0.2) is 22.7 Å². The Labute approximate surface area is 126 Å². The Morgan fingerprint density at radius 2 is 2.05 bits per heavy atom. The fraction of sp³-hybridized carbons (Fsp3) is 0.467. The molecule has 1 fully saturated rings. The summed E-state index contributed by atoms with van der Waals surface area (Å²) in [6.45, 7) is 1.93. The monoisotopic (exact) mass is 339 g/mol. The highest BCUT2D eigenvalue weighted by Gasteiger charge is 2.28. The van der Waals surface area contributed by atoms with Crippen LogP contribution < -0.4 is 5.32 Å². The molecule has 0 bridgehead atoms. The number of hydrogen-bond acceptors (Lipinski definition) is 2. The number of rotatable bonds is 3. The normalized spacial score (nSPS) is 22.3. The minimum Gasteiger partial charge on any atom is -0.481 e. The molecule has 0 aliphatic heterocycles. The van der Waals surface area contributed by atoms with Gasteiger partial charge in [0, 0.05) is 16.1 Å². The molecule has 2 atom stereocenters. The van der Waals surface area contributed by atoms with E-state index in [0.29, 0.717) is 18.4 Å². The van der Waals surface area contributed by atoms with E-state index in [4.69, 9.17) is 5.11 Å². The maximum Gasteiger partial charge on any atom is 0.306 e. The predicted molar refractivity (Wildman–Crippen MR) is 79.7 cm³/mol. The Kier molecular flexibility index (Phi) is 4.81. The van der Waals surface area contributed by atoms with E-state index in [2.05, 4.69) is 21.2 Å². The molecule has 1 saturated carbocycles. The van der Waals surface area contributed by atoms with Gasteiger partial charge in [-0.3, -0.25) is 9.59 Å². The summed E-state index contributed by atoms with van der Waals surface area (Å²) in [7, 11) is 0. The first kappa shape index (κ1) is 15.0. The maximum absolute atomic E-state index is 12.2. The van der Waals surface area contributed by atoms with E-state index in [-0.39, 0.29) is 17.9 Å². The molecule has 0 radical (unpaired) electrons. The summed E-state index contributed by atoms with van der Waals surface area (Å²) < 4.78 is 0.870. The van der Waals surface area contributed by atoms with Crippen LogP contribution in [0.1, 0.15) is 41.6 Å². The van der Waals surface area contributed by atoms with Gasteiger partial charge in [0.2, 0.25) is 0 Å². The molecule has 4 nitrogen and oxygen atoms in total. The van der Waals surface area contributed by atoms with Crippen molar-refractivity contribution in [3.05, 3.63) is 33.8 Å². The van der Waals surface area contributed by atoms with Gasteiger partial charge in [-0.2, -0.15) is 0 Å². The van der Waals surface area contributed by atoms with Gasteiger partial charge in [-0.15, -0.1) is 0 Å². The molecule has 5 heteroatoms. The molecule has 0 heterocycles. The van der Waals surface area contributed by atoms with Gasteiger partial charge < -0.3 is 10.4 Å². The average molecular weight is 340 g/mol. The molecular weight excluding hydrogens is 322 g/mol. The molecule has 2 unspecified atom stereocenters. The summed E-state index contributed by atoms with van der Waals surface area (Å²) in [5, 5.41) is 12.0. The maximum atomic E-state index is 12.2. The van der Waals surface area contributed by atoms with Crippen LogP contribution >= 0.6 is 15.9 Å². The van der Waals surface area contributed by atoms with Crippen molar-refractivity contribution in [1.29, 1.82) is 0 Å². The van der Waals surface area contributed by atoms with Crippen LogP contribution in [0.2, 0.25) is 0 Å². The van der Waals surface area contributed by atoms with Gasteiger partial charge in [0.25, 0.3) is 5.91 Å². The zero-order valence-corrected chi connectivity index (χ0v) is 12.9. The van der Waals surface area contributed by atoms with Gasteiger partial charge in [0.15, 0.2) is 0 Å². The van der Waals surface area contributed by atoms with Crippen LogP contribution in [0.5, 0.6) is 0 Å². The van der Waals surface area contributed by atoms with Crippen LogP contribution in [0.3, 0.4) is 0 Å². The fourth-order valence-electron chi connectivity index (χ4n) is 2.68. The average Bonchev–Trinajstić information content (AvgIpc) is 2.37. The van der Waals surface area contributed by atoms with Crippen molar-refractivity contribution in [3.63, 3.8) is 0 Å². The standard InChI is InChI=1S/C15H18BrNO3/c1-9-5-11(7-12(16)6-9)14(18)17-13-4-2-3-10(8-13)15(19)20/h5-7,10,13H,2-4,8H2,1H3,(H,17,18)(H,19,20). The van der Waals surface area contributed by atoms with Gasteiger partial charge in [0.05, 0.1) is 5.92 Å². The third-order valence-corrected chi connectivity index (χ3v) is 4.12. The second kappa shape index (κ2) is 6.39. The van der Waals surface area contributed by atoms with Gasteiger partial charge >= 0.3 is 5.97 Å². The summed E-state index contributed by atoms with van der Waals surface area (Å²) in [6, 6.07) is 5.51. The highest BCUT2D eigenvalue weighted by atomic mass is 79.9. The third kappa shape index (κ3) is 3.82.